The SMILES string of the molecule is CCCN(Cc1nc2c(ccc3cc(C#Cc4ccc5nc(CN[C@@H](C)CC)[nH]c5c4)ccc32)[nH]1)C(=O)[C@@H](NC(=O)OC)C1CCOCC1. The number of fused-ring (bicyclic) bond motifs is 4. The lowest BCUT2D eigenvalue weighted by molar-refractivity contribution is -0.136. The number of ether oxygens (including phenoxy) is 2. The van der Waals surface area contributed by atoms with Crippen LogP contribution in [0.1, 0.15) is 69.2 Å². The maximum atomic E-state index is 13.9. The molecule has 256 valence electrons. The summed E-state index contributed by atoms with van der Waals surface area (Å²) in [5.74, 6) is 8.06. The zero-order chi connectivity index (χ0) is 34.3. The Bertz CT molecular complexity index is 2000. The number of aromatic amines is 2. The Morgan fingerprint density at radius 1 is 1.00 bits per heavy atom. The predicted octanol–water partition coefficient (Wildman–Crippen LogP) is 5.77. The molecule has 11 heteroatoms. The van der Waals surface area contributed by atoms with Gasteiger partial charge in [0.1, 0.15) is 17.7 Å². The fraction of sp³-hybridized carbons (Fsp3) is 0.421. The molecule has 3 aromatic carbocycles. The van der Waals surface area contributed by atoms with Crippen molar-refractivity contribution in [2.45, 2.75) is 71.6 Å². The molecule has 0 aliphatic carbocycles. The fourth-order valence-corrected chi connectivity index (χ4v) is 6.32. The van der Waals surface area contributed by atoms with Crippen molar-refractivity contribution < 1.29 is 19.1 Å². The fourth-order valence-electron chi connectivity index (χ4n) is 6.32. The van der Waals surface area contributed by atoms with Gasteiger partial charge in [0.05, 0.1) is 42.3 Å². The van der Waals surface area contributed by atoms with Gasteiger partial charge in [0, 0.05) is 42.3 Å². The lowest BCUT2D eigenvalue weighted by Gasteiger charge is -2.33. The second kappa shape index (κ2) is 15.5. The Morgan fingerprint density at radius 2 is 1.76 bits per heavy atom. The van der Waals surface area contributed by atoms with Crippen LogP contribution in [0.25, 0.3) is 32.8 Å². The van der Waals surface area contributed by atoms with Crippen molar-refractivity contribution in [3.63, 3.8) is 0 Å². The highest BCUT2D eigenvalue weighted by atomic mass is 16.5. The summed E-state index contributed by atoms with van der Waals surface area (Å²) < 4.78 is 10.4. The van der Waals surface area contributed by atoms with Gasteiger partial charge in [-0.05, 0) is 80.3 Å². The van der Waals surface area contributed by atoms with Crippen LogP contribution < -0.4 is 10.6 Å². The van der Waals surface area contributed by atoms with Crippen LogP contribution in [0.5, 0.6) is 0 Å². The minimum atomic E-state index is -0.691. The number of aromatic nitrogens is 4. The molecule has 0 spiro atoms. The van der Waals surface area contributed by atoms with E-state index in [0.29, 0.717) is 57.6 Å². The predicted molar refractivity (Wildman–Crippen MR) is 191 cm³/mol. The molecule has 49 heavy (non-hydrogen) atoms. The van der Waals surface area contributed by atoms with Gasteiger partial charge in [-0.1, -0.05) is 37.8 Å². The first kappa shape index (κ1) is 34.0. The minimum Gasteiger partial charge on any atom is -0.453 e. The third-order valence-electron chi connectivity index (χ3n) is 9.24. The molecule has 2 atom stereocenters. The van der Waals surface area contributed by atoms with Gasteiger partial charge in [0.25, 0.3) is 0 Å². The second-order valence-corrected chi connectivity index (χ2v) is 12.8. The number of benzene rings is 3. The molecular weight excluding hydrogens is 618 g/mol. The average molecular weight is 664 g/mol. The minimum absolute atomic E-state index is 0.0280. The van der Waals surface area contributed by atoms with E-state index in [0.717, 1.165) is 62.6 Å². The Morgan fingerprint density at radius 3 is 2.51 bits per heavy atom. The zero-order valence-electron chi connectivity index (χ0n) is 28.7. The van der Waals surface area contributed by atoms with Gasteiger partial charge in [-0.25, -0.2) is 14.8 Å². The van der Waals surface area contributed by atoms with Gasteiger partial charge in [-0.3, -0.25) is 4.79 Å². The Kier molecular flexibility index (Phi) is 10.8. The topological polar surface area (TPSA) is 137 Å². The summed E-state index contributed by atoms with van der Waals surface area (Å²) >= 11 is 0. The highest BCUT2D eigenvalue weighted by molar-refractivity contribution is 6.04. The van der Waals surface area contributed by atoms with Crippen molar-refractivity contribution in [3.8, 4) is 11.8 Å². The molecule has 0 bridgehead atoms. The van der Waals surface area contributed by atoms with E-state index >= 15 is 0 Å². The van der Waals surface area contributed by atoms with Crippen LogP contribution in [0.15, 0.2) is 48.5 Å². The summed E-state index contributed by atoms with van der Waals surface area (Å²) in [7, 11) is 1.31. The summed E-state index contributed by atoms with van der Waals surface area (Å²) in [6.45, 7) is 9.02. The van der Waals surface area contributed by atoms with E-state index in [2.05, 4.69) is 64.5 Å². The highest BCUT2D eigenvalue weighted by Crippen LogP contribution is 2.26. The Balaban J connectivity index is 1.20. The summed E-state index contributed by atoms with van der Waals surface area (Å²) in [6.07, 6.45) is 2.61. The molecule has 0 unspecified atom stereocenters. The molecule has 3 heterocycles. The van der Waals surface area contributed by atoms with Crippen molar-refractivity contribution in [3.05, 3.63) is 71.3 Å². The number of nitrogens with one attached hydrogen (secondary N) is 4. The number of H-pyrrole nitrogens is 2. The molecular formula is C38H45N7O4. The van der Waals surface area contributed by atoms with Gasteiger partial charge >= 0.3 is 6.09 Å². The van der Waals surface area contributed by atoms with Gasteiger partial charge in [-0.15, -0.1) is 0 Å². The molecule has 4 N–H and O–H groups in total. The van der Waals surface area contributed by atoms with E-state index in [-0.39, 0.29) is 11.8 Å². The zero-order valence-corrected chi connectivity index (χ0v) is 28.7. The molecule has 1 saturated heterocycles. The summed E-state index contributed by atoms with van der Waals surface area (Å²) in [6, 6.07) is 16.0. The number of rotatable bonds is 11. The number of amides is 2. The van der Waals surface area contributed by atoms with Crippen LogP contribution in [0, 0.1) is 17.8 Å². The smallest absolute Gasteiger partial charge is 0.407 e. The molecule has 1 aliphatic heterocycles. The quantitative estimate of drug-likeness (QED) is 0.132. The molecule has 2 amide bonds. The maximum absolute atomic E-state index is 13.9. The van der Waals surface area contributed by atoms with E-state index in [4.69, 9.17) is 19.4 Å². The number of methoxy groups -OCH3 is 1. The van der Waals surface area contributed by atoms with Crippen molar-refractivity contribution in [2.75, 3.05) is 26.9 Å². The normalized spacial score (nSPS) is 14.8. The summed E-state index contributed by atoms with van der Waals surface area (Å²) in [4.78, 5) is 44.4. The second-order valence-electron chi connectivity index (χ2n) is 12.8. The van der Waals surface area contributed by atoms with E-state index in [1.165, 1.54) is 7.11 Å². The maximum Gasteiger partial charge on any atom is 0.407 e. The number of hydrogen-bond donors (Lipinski definition) is 4. The average Bonchev–Trinajstić information content (AvgIpc) is 3.75. The van der Waals surface area contributed by atoms with Gasteiger partial charge in [0.15, 0.2) is 0 Å². The number of alkyl carbamates (subject to hydrolysis) is 1. The van der Waals surface area contributed by atoms with Gasteiger partial charge in [-0.2, -0.15) is 0 Å². The molecule has 0 radical (unpaired) electrons. The molecule has 5 aromatic rings. The first-order valence-corrected chi connectivity index (χ1v) is 17.2. The lowest BCUT2D eigenvalue weighted by atomic mass is 9.90. The van der Waals surface area contributed by atoms with E-state index in [1.807, 2.05) is 37.3 Å². The third-order valence-corrected chi connectivity index (χ3v) is 9.24. The van der Waals surface area contributed by atoms with Gasteiger partial charge in [0.2, 0.25) is 5.91 Å². The highest BCUT2D eigenvalue weighted by Gasteiger charge is 2.34. The summed E-state index contributed by atoms with van der Waals surface area (Å²) in [5, 5.41) is 8.31. The molecule has 2 aromatic heterocycles. The van der Waals surface area contributed by atoms with Crippen LogP contribution in [0.4, 0.5) is 4.79 Å². The molecule has 0 saturated carbocycles. The first-order chi connectivity index (χ1) is 23.8. The van der Waals surface area contributed by atoms with Crippen molar-refractivity contribution in [1.82, 2.24) is 35.5 Å². The van der Waals surface area contributed by atoms with Crippen LogP contribution in [0.2, 0.25) is 0 Å². The number of hydrogen-bond acceptors (Lipinski definition) is 7. The monoisotopic (exact) mass is 663 g/mol. The molecule has 1 aliphatic rings. The van der Waals surface area contributed by atoms with Crippen LogP contribution >= 0.6 is 0 Å². The number of carbonyl (C=O) groups is 2. The van der Waals surface area contributed by atoms with Crippen molar-refractivity contribution >= 4 is 44.8 Å². The number of nitrogens with zero attached hydrogens (tertiary/aromatic N) is 3. The van der Waals surface area contributed by atoms with Gasteiger partial charge < -0.3 is 35.0 Å². The Labute approximate surface area is 286 Å². The molecule has 11 nitrogen and oxygen atoms in total. The van der Waals surface area contributed by atoms with Crippen LogP contribution in [-0.2, 0) is 27.4 Å². The van der Waals surface area contributed by atoms with Crippen molar-refractivity contribution in [2.24, 2.45) is 5.92 Å². The van der Waals surface area contributed by atoms with Crippen LogP contribution in [-0.4, -0.2) is 75.8 Å². The lowest BCUT2D eigenvalue weighted by Crippen LogP contribution is -2.53. The summed E-state index contributed by atoms with van der Waals surface area (Å²) in [5.41, 5.74) is 5.46. The first-order valence-electron chi connectivity index (χ1n) is 17.2. The number of carbonyl (C=O) groups excluding carboxylic acids is 2. The van der Waals surface area contributed by atoms with E-state index < -0.39 is 12.1 Å². The molecule has 6 rings (SSSR count). The van der Waals surface area contributed by atoms with Crippen LogP contribution in [0.3, 0.4) is 0 Å². The standard InChI is InChI=1S/C38H45N7O4/c1-5-17-45(37(46)35(44-38(47)48-4)27-15-18-49-19-16-27)23-34-41-31-14-11-28-20-25(9-12-29(28)36(31)43-34)7-8-26-10-13-30-32(21-26)42-33(40-30)22-39-24(3)6-2/h9-14,20-21,24,27,35,39H,5-6,15-19,22-23H2,1-4H3,(H,40,42)(H,41,43)(H,44,47)/t24-,35-/m0/s1. The largest absolute Gasteiger partial charge is 0.453 e. The van der Waals surface area contributed by atoms with E-state index in [1.54, 1.807) is 4.90 Å². The molecule has 1 fully saturated rings. The Hall–Kier alpha value is -4.92. The number of imidazole rings is 2. The van der Waals surface area contributed by atoms with Crippen molar-refractivity contribution in [1.29, 1.82) is 0 Å². The third kappa shape index (κ3) is 8.04. The van der Waals surface area contributed by atoms with E-state index in [9.17, 15) is 9.59 Å².